The maximum absolute atomic E-state index is 12.3. The second kappa shape index (κ2) is 5.70. The molecule has 2 bridgehead atoms. The zero-order valence-electron chi connectivity index (χ0n) is 11.6. The zero-order valence-corrected chi connectivity index (χ0v) is 12.4. The topological polar surface area (TPSA) is 58.2 Å². The van der Waals surface area contributed by atoms with Gasteiger partial charge in [-0.3, -0.25) is 0 Å². The summed E-state index contributed by atoms with van der Waals surface area (Å²) in [4.78, 5) is 0. The van der Waals surface area contributed by atoms with Gasteiger partial charge < -0.3 is 5.32 Å². The molecule has 0 spiro atoms. The summed E-state index contributed by atoms with van der Waals surface area (Å²) in [5.74, 6) is 0.747. The van der Waals surface area contributed by atoms with Crippen LogP contribution in [-0.4, -0.2) is 32.3 Å². The fourth-order valence-electron chi connectivity index (χ4n) is 4.12. The first-order chi connectivity index (χ1) is 9.11. The summed E-state index contributed by atoms with van der Waals surface area (Å²) in [5, 5.41) is 3.55. The Hall–Kier alpha value is -0.130. The molecule has 110 valence electrons. The molecule has 2 aliphatic heterocycles. The molecule has 0 aromatic carbocycles. The SMILES string of the molecule is O=S(=O)(CC1CCCCC1)NC1CC2CCC(C1)N2. The van der Waals surface area contributed by atoms with Crippen molar-refractivity contribution in [2.24, 2.45) is 5.92 Å². The van der Waals surface area contributed by atoms with Crippen LogP contribution in [0.3, 0.4) is 0 Å². The molecule has 0 amide bonds. The molecule has 1 saturated carbocycles. The van der Waals surface area contributed by atoms with Crippen molar-refractivity contribution in [2.75, 3.05) is 5.75 Å². The van der Waals surface area contributed by atoms with Crippen LogP contribution in [-0.2, 0) is 10.0 Å². The number of hydrogen-bond donors (Lipinski definition) is 2. The van der Waals surface area contributed by atoms with E-state index in [4.69, 9.17) is 0 Å². The molecule has 2 N–H and O–H groups in total. The average molecular weight is 286 g/mol. The molecule has 3 aliphatic rings. The molecule has 3 rings (SSSR count). The largest absolute Gasteiger partial charge is 0.311 e. The van der Waals surface area contributed by atoms with Gasteiger partial charge in [0.25, 0.3) is 0 Å². The van der Waals surface area contributed by atoms with Gasteiger partial charge in [0.15, 0.2) is 0 Å². The van der Waals surface area contributed by atoms with Crippen molar-refractivity contribution in [3.63, 3.8) is 0 Å². The molecule has 0 aromatic heterocycles. The molecule has 2 atom stereocenters. The minimum atomic E-state index is -3.08. The Bertz CT molecular complexity index is 392. The van der Waals surface area contributed by atoms with Gasteiger partial charge >= 0.3 is 0 Å². The highest BCUT2D eigenvalue weighted by Gasteiger charge is 2.35. The van der Waals surface area contributed by atoms with Gasteiger partial charge in [-0.25, -0.2) is 13.1 Å². The van der Waals surface area contributed by atoms with Crippen molar-refractivity contribution in [3.8, 4) is 0 Å². The van der Waals surface area contributed by atoms with E-state index in [2.05, 4.69) is 10.0 Å². The van der Waals surface area contributed by atoms with Crippen molar-refractivity contribution in [3.05, 3.63) is 0 Å². The Morgan fingerprint density at radius 2 is 1.58 bits per heavy atom. The molecular formula is C14H26N2O2S. The summed E-state index contributed by atoms with van der Waals surface area (Å²) in [5.41, 5.74) is 0. The summed E-state index contributed by atoms with van der Waals surface area (Å²) >= 11 is 0. The Kier molecular flexibility index (Phi) is 4.15. The van der Waals surface area contributed by atoms with E-state index in [-0.39, 0.29) is 6.04 Å². The van der Waals surface area contributed by atoms with Crippen molar-refractivity contribution >= 4 is 10.0 Å². The summed E-state index contributed by atoms with van der Waals surface area (Å²) in [6, 6.07) is 1.26. The molecule has 3 fully saturated rings. The van der Waals surface area contributed by atoms with Crippen LogP contribution >= 0.6 is 0 Å². The number of rotatable bonds is 4. The lowest BCUT2D eigenvalue weighted by Gasteiger charge is -2.30. The van der Waals surface area contributed by atoms with Gasteiger partial charge in [0.05, 0.1) is 5.75 Å². The first-order valence-corrected chi connectivity index (χ1v) is 9.52. The summed E-state index contributed by atoms with van der Waals surface area (Å²) in [6.07, 6.45) is 10.3. The van der Waals surface area contributed by atoms with Crippen molar-refractivity contribution in [1.82, 2.24) is 10.0 Å². The van der Waals surface area contributed by atoms with Crippen LogP contribution in [0.25, 0.3) is 0 Å². The lowest BCUT2D eigenvalue weighted by atomic mass is 9.91. The second-order valence-electron chi connectivity index (χ2n) is 6.71. The normalized spacial score (nSPS) is 36.5. The monoisotopic (exact) mass is 286 g/mol. The molecule has 2 heterocycles. The van der Waals surface area contributed by atoms with E-state index in [1.165, 1.54) is 32.1 Å². The Balaban J connectivity index is 1.52. The molecule has 2 saturated heterocycles. The van der Waals surface area contributed by atoms with Gasteiger partial charge in [-0.05, 0) is 44.4 Å². The number of piperidine rings is 1. The van der Waals surface area contributed by atoms with E-state index in [1.54, 1.807) is 0 Å². The molecule has 4 nitrogen and oxygen atoms in total. The van der Waals surface area contributed by atoms with E-state index >= 15 is 0 Å². The van der Waals surface area contributed by atoms with Crippen LogP contribution in [0.1, 0.15) is 57.8 Å². The first kappa shape index (κ1) is 13.8. The van der Waals surface area contributed by atoms with Crippen molar-refractivity contribution < 1.29 is 8.42 Å². The number of sulfonamides is 1. The van der Waals surface area contributed by atoms with E-state index in [1.807, 2.05) is 0 Å². The number of hydrogen-bond acceptors (Lipinski definition) is 3. The van der Waals surface area contributed by atoms with Crippen LogP contribution in [0.4, 0.5) is 0 Å². The van der Waals surface area contributed by atoms with E-state index < -0.39 is 10.0 Å². The van der Waals surface area contributed by atoms with Crippen LogP contribution in [0.5, 0.6) is 0 Å². The van der Waals surface area contributed by atoms with Crippen LogP contribution in [0.15, 0.2) is 0 Å². The fraction of sp³-hybridized carbons (Fsp3) is 1.00. The Morgan fingerprint density at radius 3 is 2.21 bits per heavy atom. The average Bonchev–Trinajstić information content (AvgIpc) is 2.69. The van der Waals surface area contributed by atoms with Gasteiger partial charge in [0.2, 0.25) is 10.0 Å². The van der Waals surface area contributed by atoms with Crippen molar-refractivity contribution in [2.45, 2.75) is 75.9 Å². The van der Waals surface area contributed by atoms with Gasteiger partial charge in [0.1, 0.15) is 0 Å². The predicted octanol–water partition coefficient (Wildman–Crippen LogP) is 1.77. The third kappa shape index (κ3) is 3.70. The molecule has 5 heteroatoms. The molecule has 2 unspecified atom stereocenters. The smallest absolute Gasteiger partial charge is 0.212 e. The van der Waals surface area contributed by atoms with Crippen LogP contribution in [0.2, 0.25) is 0 Å². The van der Waals surface area contributed by atoms with E-state index in [0.29, 0.717) is 23.8 Å². The minimum absolute atomic E-state index is 0.173. The van der Waals surface area contributed by atoms with Gasteiger partial charge in [-0.2, -0.15) is 0 Å². The van der Waals surface area contributed by atoms with E-state index in [9.17, 15) is 8.42 Å². The van der Waals surface area contributed by atoms with Gasteiger partial charge in [-0.15, -0.1) is 0 Å². The molecule has 19 heavy (non-hydrogen) atoms. The van der Waals surface area contributed by atoms with Crippen LogP contribution < -0.4 is 10.0 Å². The summed E-state index contributed by atoms with van der Waals surface area (Å²) in [7, 11) is -3.08. The second-order valence-corrected chi connectivity index (χ2v) is 8.51. The van der Waals surface area contributed by atoms with Crippen molar-refractivity contribution in [1.29, 1.82) is 0 Å². The Labute approximate surface area is 116 Å². The zero-order chi connectivity index (χ0) is 13.3. The molecule has 1 aliphatic carbocycles. The highest BCUT2D eigenvalue weighted by molar-refractivity contribution is 7.89. The van der Waals surface area contributed by atoms with Gasteiger partial charge in [-0.1, -0.05) is 19.3 Å². The highest BCUT2D eigenvalue weighted by Crippen LogP contribution is 2.28. The standard InChI is InChI=1S/C14H26N2O2S/c17-19(18,10-11-4-2-1-3-5-11)16-14-8-12-6-7-13(9-14)15-12/h11-16H,1-10H2. The maximum Gasteiger partial charge on any atom is 0.212 e. The highest BCUT2D eigenvalue weighted by atomic mass is 32.2. The molecular weight excluding hydrogens is 260 g/mol. The minimum Gasteiger partial charge on any atom is -0.311 e. The molecule has 0 radical (unpaired) electrons. The first-order valence-electron chi connectivity index (χ1n) is 7.87. The Morgan fingerprint density at radius 1 is 0.947 bits per heavy atom. The maximum atomic E-state index is 12.3. The lowest BCUT2D eigenvalue weighted by Crippen LogP contribution is -2.48. The summed E-state index contributed by atoms with van der Waals surface area (Å²) < 4.78 is 27.5. The third-order valence-electron chi connectivity index (χ3n) is 5.00. The predicted molar refractivity (Wildman–Crippen MR) is 76.5 cm³/mol. The lowest BCUT2D eigenvalue weighted by molar-refractivity contribution is 0.342. The van der Waals surface area contributed by atoms with Gasteiger partial charge in [0, 0.05) is 18.1 Å². The quantitative estimate of drug-likeness (QED) is 0.828. The van der Waals surface area contributed by atoms with E-state index in [0.717, 1.165) is 25.7 Å². The molecule has 0 aromatic rings. The number of nitrogens with one attached hydrogen (secondary N) is 2. The fourth-order valence-corrected chi connectivity index (χ4v) is 5.87. The van der Waals surface area contributed by atoms with Crippen LogP contribution in [0, 0.1) is 5.92 Å². The third-order valence-corrected chi connectivity index (χ3v) is 6.60. The summed E-state index contributed by atoms with van der Waals surface area (Å²) in [6.45, 7) is 0. The number of fused-ring (bicyclic) bond motifs is 2.